The Morgan fingerprint density at radius 1 is 1.02 bits per heavy atom. The second-order valence-corrected chi connectivity index (χ2v) is 10.6. The number of aliphatic hydroxyl groups excluding tert-OH is 1. The van der Waals surface area contributed by atoms with Crippen LogP contribution in [0.3, 0.4) is 0 Å². The minimum atomic E-state index is -1.27. The molecule has 9 heteroatoms. The third-order valence-electron chi connectivity index (χ3n) is 7.66. The van der Waals surface area contributed by atoms with Gasteiger partial charge in [-0.25, -0.2) is 10.4 Å². The number of aliphatic hydroxyl groups is 1. The molecule has 1 saturated heterocycles. The lowest BCUT2D eigenvalue weighted by molar-refractivity contribution is -0.129. The molecule has 2 heterocycles. The first-order chi connectivity index (χ1) is 21.1. The zero-order valence-corrected chi connectivity index (χ0v) is 24.4. The second kappa shape index (κ2) is 14.9. The summed E-state index contributed by atoms with van der Waals surface area (Å²) >= 11 is 0. The maximum atomic E-state index is 14.0. The number of carbonyl (C=O) groups is 1. The second-order valence-electron chi connectivity index (χ2n) is 10.6. The molecular weight excluding hydrogens is 544 g/mol. The smallest absolute Gasteiger partial charge is 0.266 e. The Balaban J connectivity index is 1.39. The van der Waals surface area contributed by atoms with Crippen LogP contribution in [-0.2, 0) is 14.3 Å². The monoisotopic (exact) mass is 584 g/mol. The van der Waals surface area contributed by atoms with Crippen molar-refractivity contribution in [2.45, 2.75) is 24.5 Å². The third kappa shape index (κ3) is 7.50. The summed E-state index contributed by atoms with van der Waals surface area (Å²) in [5, 5.41) is 9.03. The summed E-state index contributed by atoms with van der Waals surface area (Å²) in [6, 6.07) is 25.6. The van der Waals surface area contributed by atoms with Gasteiger partial charge in [0, 0.05) is 51.2 Å². The molecule has 1 amide bonds. The molecule has 226 valence electrons. The summed E-state index contributed by atoms with van der Waals surface area (Å²) in [6.07, 6.45) is 1.88. The highest BCUT2D eigenvalue weighted by molar-refractivity contribution is 6.01. The van der Waals surface area contributed by atoms with Crippen molar-refractivity contribution in [3.63, 3.8) is 0 Å². The summed E-state index contributed by atoms with van der Waals surface area (Å²) in [6.45, 7) is 9.05. The van der Waals surface area contributed by atoms with E-state index in [0.717, 1.165) is 55.1 Å². The van der Waals surface area contributed by atoms with Crippen LogP contribution in [0.2, 0.25) is 0 Å². The molecule has 0 spiro atoms. The van der Waals surface area contributed by atoms with E-state index in [2.05, 4.69) is 34.5 Å². The molecule has 0 aromatic heterocycles. The van der Waals surface area contributed by atoms with Crippen LogP contribution in [0.5, 0.6) is 5.75 Å². The van der Waals surface area contributed by atoms with Crippen molar-refractivity contribution in [2.75, 3.05) is 52.6 Å². The van der Waals surface area contributed by atoms with Crippen molar-refractivity contribution in [2.24, 2.45) is 4.99 Å². The Hall–Kier alpha value is -4.02. The van der Waals surface area contributed by atoms with E-state index in [9.17, 15) is 4.79 Å². The highest BCUT2D eigenvalue weighted by Crippen LogP contribution is 2.43. The van der Waals surface area contributed by atoms with Gasteiger partial charge >= 0.3 is 0 Å². The van der Waals surface area contributed by atoms with E-state index in [1.807, 2.05) is 66.7 Å². The molecule has 0 unspecified atom stereocenters. The van der Waals surface area contributed by atoms with Crippen molar-refractivity contribution in [1.82, 2.24) is 15.8 Å². The van der Waals surface area contributed by atoms with Crippen molar-refractivity contribution in [1.29, 1.82) is 0 Å². The lowest BCUT2D eigenvalue weighted by Gasteiger charge is -2.30. The number of nitrogens with one attached hydrogen (secondary N) is 2. The summed E-state index contributed by atoms with van der Waals surface area (Å²) in [7, 11) is 0. The number of ether oxygens (including phenoxy) is 3. The lowest BCUT2D eigenvalue weighted by Crippen LogP contribution is -2.53. The van der Waals surface area contributed by atoms with Gasteiger partial charge in [-0.05, 0) is 41.0 Å². The Labute approximate surface area is 253 Å². The largest absolute Gasteiger partial charge is 0.494 e. The fourth-order valence-electron chi connectivity index (χ4n) is 5.31. The Bertz CT molecular complexity index is 1360. The number of hydrogen-bond acceptors (Lipinski definition) is 8. The summed E-state index contributed by atoms with van der Waals surface area (Å²) in [4.78, 5) is 21.2. The van der Waals surface area contributed by atoms with Gasteiger partial charge in [0.25, 0.3) is 5.91 Å². The number of amides is 1. The first kappa shape index (κ1) is 30.4. The topological polar surface area (TPSA) is 105 Å². The zero-order chi connectivity index (χ0) is 29.9. The van der Waals surface area contributed by atoms with Gasteiger partial charge < -0.3 is 19.3 Å². The average Bonchev–Trinajstić information content (AvgIpc) is 3.45. The van der Waals surface area contributed by atoms with E-state index in [1.54, 1.807) is 6.08 Å². The van der Waals surface area contributed by atoms with E-state index in [4.69, 9.17) is 24.3 Å². The minimum Gasteiger partial charge on any atom is -0.494 e. The number of morpholine rings is 1. The van der Waals surface area contributed by atoms with Gasteiger partial charge in [0.15, 0.2) is 11.6 Å². The highest BCUT2D eigenvalue weighted by Gasteiger charge is 2.52. The van der Waals surface area contributed by atoms with Crippen molar-refractivity contribution in [3.8, 4) is 16.9 Å². The number of benzene rings is 3. The number of nitrogens with zero attached hydrogens (tertiary/aromatic N) is 2. The van der Waals surface area contributed by atoms with E-state index in [0.29, 0.717) is 31.2 Å². The molecule has 3 aromatic carbocycles. The molecule has 5 rings (SSSR count). The maximum absolute atomic E-state index is 14.0. The van der Waals surface area contributed by atoms with E-state index in [-0.39, 0.29) is 18.9 Å². The van der Waals surface area contributed by atoms with E-state index >= 15 is 0 Å². The fraction of sp³-hybridized carbons (Fsp3) is 0.353. The van der Waals surface area contributed by atoms with Gasteiger partial charge in [-0.3, -0.25) is 15.1 Å². The molecule has 0 aliphatic carbocycles. The van der Waals surface area contributed by atoms with Gasteiger partial charge in [-0.15, -0.1) is 6.58 Å². The molecule has 43 heavy (non-hydrogen) atoms. The van der Waals surface area contributed by atoms with Crippen molar-refractivity contribution < 1.29 is 24.1 Å². The van der Waals surface area contributed by atoms with Crippen LogP contribution in [0.15, 0.2) is 96.5 Å². The van der Waals surface area contributed by atoms with E-state index < -0.39 is 11.6 Å². The van der Waals surface area contributed by atoms with Crippen LogP contribution in [0, 0.1) is 0 Å². The van der Waals surface area contributed by atoms with Gasteiger partial charge in [0.05, 0.1) is 19.8 Å². The van der Waals surface area contributed by atoms with Gasteiger partial charge in [0.1, 0.15) is 5.75 Å². The lowest BCUT2D eigenvalue weighted by atomic mass is 9.84. The predicted octanol–water partition coefficient (Wildman–Crippen LogP) is 3.90. The summed E-state index contributed by atoms with van der Waals surface area (Å²) in [5.41, 5.74) is 8.51. The van der Waals surface area contributed by atoms with Crippen LogP contribution < -0.4 is 15.6 Å². The third-order valence-corrected chi connectivity index (χ3v) is 7.66. The summed E-state index contributed by atoms with van der Waals surface area (Å²) < 4.78 is 17.6. The number of hydrazine groups is 1. The number of aliphatic imine (C=N–C) groups is 1. The SMILES string of the molecule is C=CC[C@]1(C(=O)NNCCN2CCOCC2)N=C(c2ccc(OCCCO)cc2)O[C@H]1c1ccc(-c2ccccc2)cc1. The van der Waals surface area contributed by atoms with E-state index in [1.165, 1.54) is 0 Å². The maximum Gasteiger partial charge on any atom is 0.266 e. The molecule has 9 nitrogen and oxygen atoms in total. The van der Waals surface area contributed by atoms with Gasteiger partial charge in [-0.2, -0.15) is 0 Å². The number of hydrogen-bond donors (Lipinski definition) is 3. The van der Waals surface area contributed by atoms with Crippen molar-refractivity contribution >= 4 is 11.8 Å². The molecular formula is C34H40N4O5. The molecule has 1 fully saturated rings. The summed E-state index contributed by atoms with van der Waals surface area (Å²) in [5.74, 6) is 0.776. The van der Waals surface area contributed by atoms with Gasteiger partial charge in [-0.1, -0.05) is 60.7 Å². The molecule has 0 radical (unpaired) electrons. The minimum absolute atomic E-state index is 0.0754. The Morgan fingerprint density at radius 2 is 1.72 bits per heavy atom. The first-order valence-electron chi connectivity index (χ1n) is 14.8. The molecule has 2 aliphatic rings. The Kier molecular flexibility index (Phi) is 10.6. The first-order valence-corrected chi connectivity index (χ1v) is 14.8. The normalized spacial score (nSPS) is 20.2. The molecule has 2 aliphatic heterocycles. The van der Waals surface area contributed by atoms with Crippen LogP contribution in [0.25, 0.3) is 11.1 Å². The van der Waals surface area contributed by atoms with Crippen LogP contribution in [0.1, 0.15) is 30.1 Å². The fourth-order valence-corrected chi connectivity index (χ4v) is 5.31. The molecule has 3 aromatic rings. The van der Waals surface area contributed by atoms with Crippen molar-refractivity contribution in [3.05, 3.63) is 103 Å². The molecule has 3 N–H and O–H groups in total. The highest BCUT2D eigenvalue weighted by atomic mass is 16.5. The number of rotatable bonds is 14. The van der Waals surface area contributed by atoms with Crippen LogP contribution in [-0.4, -0.2) is 80.0 Å². The quantitative estimate of drug-likeness (QED) is 0.150. The molecule has 0 bridgehead atoms. The standard InChI is InChI=1S/C34H40N4O5/c1-2-17-34(33(40)37-35-18-19-38-20-24-41-25-21-38)31(28-11-9-27(10-12-28)26-7-4-3-5-8-26)43-32(36-34)29-13-15-30(16-14-29)42-23-6-22-39/h2-5,7-16,31,35,39H,1,6,17-25H2,(H,37,40)/t31-,34-/m0/s1. The van der Waals surface area contributed by atoms with Gasteiger partial charge in [0.2, 0.25) is 5.90 Å². The Morgan fingerprint density at radius 3 is 2.42 bits per heavy atom. The average molecular weight is 585 g/mol. The number of carbonyl (C=O) groups excluding carboxylic acids is 1. The zero-order valence-electron chi connectivity index (χ0n) is 24.4. The molecule has 0 saturated carbocycles. The molecule has 2 atom stereocenters. The predicted molar refractivity (Wildman–Crippen MR) is 167 cm³/mol. The van der Waals surface area contributed by atoms with Crippen LogP contribution in [0.4, 0.5) is 0 Å². The van der Waals surface area contributed by atoms with Crippen LogP contribution >= 0.6 is 0 Å².